The van der Waals surface area contributed by atoms with Crippen LogP contribution in [0.25, 0.3) is 0 Å². The van der Waals surface area contributed by atoms with Crippen molar-refractivity contribution in [2.24, 2.45) is 0 Å². The molecule has 2 amide bonds. The highest BCUT2D eigenvalue weighted by molar-refractivity contribution is 6.32. The van der Waals surface area contributed by atoms with Gasteiger partial charge in [0.05, 0.1) is 4.92 Å². The Kier molecular flexibility index (Phi) is 5.61. The van der Waals surface area contributed by atoms with Gasteiger partial charge in [-0.3, -0.25) is 10.1 Å². The third-order valence-corrected chi connectivity index (χ3v) is 3.26. The van der Waals surface area contributed by atoms with Crippen molar-refractivity contribution in [1.82, 2.24) is 5.32 Å². The fourth-order valence-corrected chi connectivity index (χ4v) is 1.93. The molecule has 7 nitrogen and oxygen atoms in total. The van der Waals surface area contributed by atoms with E-state index in [0.29, 0.717) is 10.8 Å². The van der Waals surface area contributed by atoms with Crippen LogP contribution in [0.5, 0.6) is 5.75 Å². The lowest BCUT2D eigenvalue weighted by atomic mass is 10.3. The summed E-state index contributed by atoms with van der Waals surface area (Å²) in [7, 11) is 0. The van der Waals surface area contributed by atoms with Gasteiger partial charge in [-0.25, -0.2) is 4.79 Å². The molecule has 0 spiro atoms. The molecule has 0 bridgehead atoms. The third-order valence-electron chi connectivity index (χ3n) is 2.69. The smallest absolute Gasteiger partial charge is 0.321 e. The number of nitrogens with one attached hydrogen (secondary N) is 2. The lowest BCUT2D eigenvalue weighted by Gasteiger charge is -2.09. The zero-order valence-electron chi connectivity index (χ0n) is 11.6. The number of nitro benzene ring substituents is 1. The Labute approximate surface area is 141 Å². The second kappa shape index (κ2) is 7.66. The first-order chi connectivity index (χ1) is 11.0. The van der Waals surface area contributed by atoms with E-state index in [1.807, 2.05) is 0 Å². The predicted molar refractivity (Wildman–Crippen MR) is 87.2 cm³/mol. The Bertz CT molecular complexity index is 722. The molecule has 0 atom stereocenters. The van der Waals surface area contributed by atoms with Crippen molar-refractivity contribution in [2.45, 2.75) is 0 Å². The van der Waals surface area contributed by atoms with Gasteiger partial charge in [0.15, 0.2) is 6.73 Å². The zero-order valence-corrected chi connectivity index (χ0v) is 13.1. The van der Waals surface area contributed by atoms with Crippen LogP contribution in [0.1, 0.15) is 0 Å². The van der Waals surface area contributed by atoms with E-state index in [0.717, 1.165) is 0 Å². The second-order valence-corrected chi connectivity index (χ2v) is 5.14. The Morgan fingerprint density at radius 3 is 2.52 bits per heavy atom. The summed E-state index contributed by atoms with van der Waals surface area (Å²) in [5, 5.41) is 16.2. The Morgan fingerprint density at radius 2 is 1.87 bits per heavy atom. The number of benzene rings is 2. The molecule has 0 aliphatic carbocycles. The van der Waals surface area contributed by atoms with Gasteiger partial charge in [0.2, 0.25) is 0 Å². The molecular weight excluding hydrogens is 345 g/mol. The molecule has 2 aromatic rings. The number of nitro groups is 1. The molecule has 120 valence electrons. The van der Waals surface area contributed by atoms with E-state index in [1.54, 1.807) is 24.3 Å². The number of carbonyl (C=O) groups excluding carboxylic acids is 1. The summed E-state index contributed by atoms with van der Waals surface area (Å²) < 4.78 is 5.29. The third kappa shape index (κ3) is 5.01. The van der Waals surface area contributed by atoms with E-state index < -0.39 is 11.0 Å². The molecule has 0 radical (unpaired) electrons. The van der Waals surface area contributed by atoms with E-state index in [9.17, 15) is 14.9 Å². The van der Waals surface area contributed by atoms with E-state index in [1.165, 1.54) is 18.2 Å². The van der Waals surface area contributed by atoms with Crippen molar-refractivity contribution in [3.63, 3.8) is 0 Å². The van der Waals surface area contributed by atoms with E-state index in [-0.39, 0.29) is 23.1 Å². The van der Waals surface area contributed by atoms with Crippen LogP contribution in [0.2, 0.25) is 10.0 Å². The number of hydrogen-bond acceptors (Lipinski definition) is 4. The van der Waals surface area contributed by atoms with Gasteiger partial charge in [-0.1, -0.05) is 23.2 Å². The van der Waals surface area contributed by atoms with Crippen LogP contribution in [0.4, 0.5) is 16.2 Å². The summed E-state index contributed by atoms with van der Waals surface area (Å²) in [5.41, 5.74) is -0.0491. The van der Waals surface area contributed by atoms with Crippen LogP contribution in [-0.2, 0) is 0 Å². The monoisotopic (exact) mass is 355 g/mol. The number of nitrogens with zero attached hydrogens (tertiary/aromatic N) is 1. The van der Waals surface area contributed by atoms with Gasteiger partial charge in [0, 0.05) is 16.8 Å². The molecule has 0 unspecified atom stereocenters. The molecule has 2 N–H and O–H groups in total. The highest BCUT2D eigenvalue weighted by Gasteiger charge is 2.13. The minimum atomic E-state index is -0.630. The van der Waals surface area contributed by atoms with E-state index in [2.05, 4.69) is 10.6 Å². The van der Waals surface area contributed by atoms with Crippen LogP contribution < -0.4 is 15.4 Å². The molecule has 0 aliphatic rings. The number of carbonyl (C=O) groups is 1. The largest absolute Gasteiger partial charge is 0.473 e. The average Bonchev–Trinajstić information content (AvgIpc) is 2.51. The van der Waals surface area contributed by atoms with Crippen LogP contribution in [0, 0.1) is 10.1 Å². The van der Waals surface area contributed by atoms with Crippen molar-refractivity contribution >= 4 is 40.6 Å². The standard InChI is InChI=1S/C14H11Cl2N3O4/c15-9-1-4-11(5-2-9)23-8-17-14(20)18-10-3-6-12(16)13(7-10)19(21)22/h1-7H,8H2,(H2,17,18,20). The SMILES string of the molecule is O=C(NCOc1ccc(Cl)cc1)Nc1ccc(Cl)c([N+](=O)[O-])c1. The summed E-state index contributed by atoms with van der Waals surface area (Å²) in [6.07, 6.45) is 0. The highest BCUT2D eigenvalue weighted by atomic mass is 35.5. The van der Waals surface area contributed by atoms with Crippen LogP contribution in [-0.4, -0.2) is 17.7 Å². The predicted octanol–water partition coefficient (Wildman–Crippen LogP) is 4.06. The van der Waals surface area contributed by atoms with Crippen molar-refractivity contribution in [2.75, 3.05) is 12.0 Å². The molecule has 0 heterocycles. The maximum atomic E-state index is 11.7. The van der Waals surface area contributed by atoms with Gasteiger partial charge in [-0.05, 0) is 36.4 Å². The first-order valence-electron chi connectivity index (χ1n) is 6.33. The number of amides is 2. The number of anilines is 1. The molecule has 2 aromatic carbocycles. The van der Waals surface area contributed by atoms with Crippen molar-refractivity contribution in [3.8, 4) is 5.75 Å². The first-order valence-corrected chi connectivity index (χ1v) is 7.08. The van der Waals surface area contributed by atoms with Gasteiger partial charge in [0.1, 0.15) is 10.8 Å². The highest BCUT2D eigenvalue weighted by Crippen LogP contribution is 2.27. The lowest BCUT2D eigenvalue weighted by Crippen LogP contribution is -2.32. The number of ether oxygens (including phenoxy) is 1. The Balaban J connectivity index is 1.86. The zero-order chi connectivity index (χ0) is 16.8. The van der Waals surface area contributed by atoms with Gasteiger partial charge in [-0.15, -0.1) is 0 Å². The fraction of sp³-hybridized carbons (Fsp3) is 0.0714. The lowest BCUT2D eigenvalue weighted by molar-refractivity contribution is -0.384. The van der Waals surface area contributed by atoms with E-state index >= 15 is 0 Å². The maximum absolute atomic E-state index is 11.7. The minimum absolute atomic E-state index is 0.00738. The fourth-order valence-electron chi connectivity index (χ4n) is 1.62. The second-order valence-electron chi connectivity index (χ2n) is 4.30. The Morgan fingerprint density at radius 1 is 1.17 bits per heavy atom. The molecule has 0 aromatic heterocycles. The number of halogens is 2. The van der Waals surface area contributed by atoms with Gasteiger partial charge in [-0.2, -0.15) is 0 Å². The normalized spacial score (nSPS) is 10.0. The van der Waals surface area contributed by atoms with Gasteiger partial charge in [0.25, 0.3) is 5.69 Å². The van der Waals surface area contributed by atoms with Crippen LogP contribution >= 0.6 is 23.2 Å². The molecule has 0 saturated carbocycles. The first kappa shape index (κ1) is 16.9. The Hall–Kier alpha value is -2.51. The molecule has 23 heavy (non-hydrogen) atoms. The summed E-state index contributed by atoms with van der Waals surface area (Å²) in [6, 6.07) is 10.0. The summed E-state index contributed by atoms with van der Waals surface area (Å²) in [5.74, 6) is 0.539. The topological polar surface area (TPSA) is 93.5 Å². The minimum Gasteiger partial charge on any atom is -0.473 e. The van der Waals surface area contributed by atoms with Crippen molar-refractivity contribution in [3.05, 3.63) is 62.6 Å². The van der Waals surface area contributed by atoms with E-state index in [4.69, 9.17) is 27.9 Å². The van der Waals surface area contributed by atoms with Crippen LogP contribution in [0.3, 0.4) is 0 Å². The number of hydrogen-bond donors (Lipinski definition) is 2. The van der Waals surface area contributed by atoms with Crippen molar-refractivity contribution in [1.29, 1.82) is 0 Å². The van der Waals surface area contributed by atoms with Crippen LogP contribution in [0.15, 0.2) is 42.5 Å². The summed E-state index contributed by atoms with van der Waals surface area (Å²) in [6.45, 7) is -0.0802. The number of rotatable bonds is 5. The number of urea groups is 1. The van der Waals surface area contributed by atoms with Gasteiger partial charge < -0.3 is 15.4 Å². The quantitative estimate of drug-likeness (QED) is 0.480. The summed E-state index contributed by atoms with van der Waals surface area (Å²) in [4.78, 5) is 21.8. The maximum Gasteiger partial charge on any atom is 0.321 e. The summed E-state index contributed by atoms with van der Waals surface area (Å²) >= 11 is 11.4. The molecule has 0 fully saturated rings. The molecule has 0 saturated heterocycles. The molecule has 0 aliphatic heterocycles. The average molecular weight is 356 g/mol. The van der Waals surface area contributed by atoms with Gasteiger partial charge >= 0.3 is 6.03 Å². The van der Waals surface area contributed by atoms with Crippen molar-refractivity contribution < 1.29 is 14.5 Å². The molecule has 2 rings (SSSR count). The molecule has 9 heteroatoms. The molecular formula is C14H11Cl2N3O4.